The molecule has 0 radical (unpaired) electrons. The minimum absolute atomic E-state index is 0. The van der Waals surface area contributed by atoms with E-state index in [0.717, 1.165) is 0 Å². The van der Waals surface area contributed by atoms with Crippen LogP contribution < -0.4 is 6.15 Å². The third-order valence-corrected chi connectivity index (χ3v) is 0. The molecule has 0 saturated carbocycles. The lowest BCUT2D eigenvalue weighted by molar-refractivity contribution is 2.13. The van der Waals surface area contributed by atoms with Gasteiger partial charge in [-0.3, -0.25) is 0 Å². The van der Waals surface area contributed by atoms with Gasteiger partial charge in [0, 0.05) is 0 Å². The topological polar surface area (TPSA) is 35.0 Å². The number of hydrogen-bond acceptors (Lipinski definition) is 1. The third-order valence-electron chi connectivity index (χ3n) is 0. The Labute approximate surface area is 70.3 Å². The molecule has 0 aliphatic carbocycles. The Balaban J connectivity index is 0. The standard InChI is InChI=1S/CBr4.H3N/c2-1(3,4)5;/h;1H3. The van der Waals surface area contributed by atoms with E-state index in [1.165, 1.54) is 0 Å². The Morgan fingerprint density at radius 1 is 0.833 bits per heavy atom. The van der Waals surface area contributed by atoms with E-state index in [2.05, 4.69) is 63.7 Å². The van der Waals surface area contributed by atoms with Crippen LogP contribution in [0.15, 0.2) is 0 Å². The van der Waals surface area contributed by atoms with Crippen molar-refractivity contribution in [3.05, 3.63) is 0 Å². The van der Waals surface area contributed by atoms with Crippen molar-refractivity contribution in [1.29, 1.82) is 0 Å². The van der Waals surface area contributed by atoms with Crippen molar-refractivity contribution in [1.82, 2.24) is 6.15 Å². The highest BCUT2D eigenvalue weighted by Crippen LogP contribution is 2.39. The number of halogens is 4. The van der Waals surface area contributed by atoms with Gasteiger partial charge in [0.2, 0.25) is 0 Å². The summed E-state index contributed by atoms with van der Waals surface area (Å²) in [6.45, 7) is 0. The molecular weight excluding hydrogens is 346 g/mol. The first kappa shape index (κ1) is 10.8. The van der Waals surface area contributed by atoms with Crippen LogP contribution in [0.2, 0.25) is 0 Å². The van der Waals surface area contributed by atoms with Crippen molar-refractivity contribution < 1.29 is 0 Å². The van der Waals surface area contributed by atoms with Gasteiger partial charge in [0.25, 0.3) is 0 Å². The van der Waals surface area contributed by atoms with Crippen LogP contribution in [-0.4, -0.2) is 1.05 Å². The maximum absolute atomic E-state index is 3.12. The average Bonchev–Trinajstić information content (AvgIpc) is 0.722. The summed E-state index contributed by atoms with van der Waals surface area (Å²) in [5.74, 6) is 0. The fourth-order valence-corrected chi connectivity index (χ4v) is 0. The first-order valence-electron chi connectivity index (χ1n) is 0.756. The molecule has 0 aromatic heterocycles. The smallest absolute Gasteiger partial charge is 0.189 e. The Bertz CT molecular complexity index is 23.0. The lowest BCUT2D eigenvalue weighted by atomic mass is 12.0. The molecule has 0 aromatic rings. The summed E-state index contributed by atoms with van der Waals surface area (Å²) in [7, 11) is 0. The summed E-state index contributed by atoms with van der Waals surface area (Å²) < 4.78 is -0.250. The van der Waals surface area contributed by atoms with E-state index in [9.17, 15) is 0 Å². The van der Waals surface area contributed by atoms with E-state index >= 15 is 0 Å². The Hall–Kier alpha value is 1.88. The lowest BCUT2D eigenvalue weighted by Crippen LogP contribution is -1.75. The molecule has 0 spiro atoms. The molecule has 0 aliphatic rings. The van der Waals surface area contributed by atoms with Crippen LogP contribution in [0.1, 0.15) is 0 Å². The van der Waals surface area contributed by atoms with Crippen LogP contribution >= 0.6 is 63.7 Å². The molecular formula is CH3Br4N. The predicted octanol–water partition coefficient (Wildman–Crippen LogP) is 3.34. The summed E-state index contributed by atoms with van der Waals surface area (Å²) in [5, 5.41) is 0. The summed E-state index contributed by atoms with van der Waals surface area (Å²) in [4.78, 5) is 0. The molecule has 0 aromatic carbocycles. The second kappa shape index (κ2) is 3.83. The molecule has 0 saturated heterocycles. The van der Waals surface area contributed by atoms with Crippen molar-refractivity contribution in [3.63, 3.8) is 0 Å². The molecule has 0 bridgehead atoms. The van der Waals surface area contributed by atoms with E-state index in [-0.39, 0.29) is 7.20 Å². The zero-order valence-corrected chi connectivity index (χ0v) is 9.06. The molecule has 40 valence electrons. The van der Waals surface area contributed by atoms with Crippen molar-refractivity contribution in [2.75, 3.05) is 0 Å². The second-order valence-electron chi connectivity index (χ2n) is 0.429. The Morgan fingerprint density at radius 3 is 0.833 bits per heavy atom. The first-order valence-corrected chi connectivity index (χ1v) is 3.93. The van der Waals surface area contributed by atoms with Crippen LogP contribution in [0.5, 0.6) is 0 Å². The van der Waals surface area contributed by atoms with Gasteiger partial charge in [-0.05, 0) is 63.7 Å². The maximum atomic E-state index is 3.12. The van der Waals surface area contributed by atoms with Crippen LogP contribution in [0.25, 0.3) is 0 Å². The Morgan fingerprint density at radius 2 is 0.833 bits per heavy atom. The summed E-state index contributed by atoms with van der Waals surface area (Å²) in [5.41, 5.74) is 0. The molecule has 0 amide bonds. The van der Waals surface area contributed by atoms with Crippen LogP contribution in [0.4, 0.5) is 0 Å². The maximum Gasteiger partial charge on any atom is 0.189 e. The van der Waals surface area contributed by atoms with Gasteiger partial charge in [0.15, 0.2) is 1.05 Å². The van der Waals surface area contributed by atoms with Gasteiger partial charge in [-0.15, -0.1) is 0 Å². The zero-order valence-electron chi connectivity index (χ0n) is 2.72. The zero-order chi connectivity index (χ0) is 4.50. The third kappa shape index (κ3) is 39.6. The molecule has 5 heteroatoms. The first-order chi connectivity index (χ1) is 2.00. The minimum atomic E-state index is -0.250. The number of alkyl halides is 4. The summed E-state index contributed by atoms with van der Waals surface area (Å²) in [6, 6.07) is 0. The van der Waals surface area contributed by atoms with Crippen molar-refractivity contribution in [2.24, 2.45) is 0 Å². The molecule has 0 atom stereocenters. The van der Waals surface area contributed by atoms with E-state index in [4.69, 9.17) is 0 Å². The highest BCUT2D eigenvalue weighted by atomic mass is 80.0. The Kier molecular flexibility index (Phi) is 6.89. The minimum Gasteiger partial charge on any atom is -0.344 e. The molecule has 6 heavy (non-hydrogen) atoms. The molecule has 3 N–H and O–H groups in total. The van der Waals surface area contributed by atoms with E-state index in [1.54, 1.807) is 0 Å². The van der Waals surface area contributed by atoms with Crippen LogP contribution in [0, 0.1) is 0 Å². The monoisotopic (exact) mass is 345 g/mol. The average molecular weight is 349 g/mol. The van der Waals surface area contributed by atoms with E-state index in [0.29, 0.717) is 0 Å². The van der Waals surface area contributed by atoms with Gasteiger partial charge < -0.3 is 6.15 Å². The van der Waals surface area contributed by atoms with Crippen molar-refractivity contribution in [2.45, 2.75) is 1.05 Å². The van der Waals surface area contributed by atoms with Gasteiger partial charge >= 0.3 is 0 Å². The normalized spacial score (nSPS) is 10.0. The SMILES string of the molecule is BrC(Br)(Br)Br.N. The number of hydrogen-bond donors (Lipinski definition) is 1. The van der Waals surface area contributed by atoms with Crippen molar-refractivity contribution >= 4 is 63.7 Å². The van der Waals surface area contributed by atoms with Gasteiger partial charge in [0.1, 0.15) is 0 Å². The van der Waals surface area contributed by atoms with Gasteiger partial charge in [-0.1, -0.05) is 0 Å². The van der Waals surface area contributed by atoms with Crippen LogP contribution in [0.3, 0.4) is 0 Å². The molecule has 0 aliphatic heterocycles. The lowest BCUT2D eigenvalue weighted by Gasteiger charge is -1.93. The van der Waals surface area contributed by atoms with Crippen molar-refractivity contribution in [3.8, 4) is 0 Å². The van der Waals surface area contributed by atoms with Gasteiger partial charge in [-0.2, -0.15) is 0 Å². The van der Waals surface area contributed by atoms with Gasteiger partial charge in [0.05, 0.1) is 0 Å². The highest BCUT2D eigenvalue weighted by molar-refractivity contribution is 9.52. The fraction of sp³-hybridized carbons (Fsp3) is 1.00. The predicted molar refractivity (Wildman–Crippen MR) is 43.5 cm³/mol. The molecule has 0 fully saturated rings. The molecule has 0 unspecified atom stereocenters. The molecule has 1 nitrogen and oxygen atoms in total. The summed E-state index contributed by atoms with van der Waals surface area (Å²) >= 11 is 12.5. The number of rotatable bonds is 0. The quantitative estimate of drug-likeness (QED) is 0.670. The fourth-order valence-electron chi connectivity index (χ4n) is 0. The summed E-state index contributed by atoms with van der Waals surface area (Å²) in [6.07, 6.45) is 0. The highest BCUT2D eigenvalue weighted by Gasteiger charge is 2.08. The van der Waals surface area contributed by atoms with Crippen LogP contribution in [-0.2, 0) is 0 Å². The largest absolute Gasteiger partial charge is 0.344 e. The van der Waals surface area contributed by atoms with E-state index < -0.39 is 0 Å². The molecule has 0 rings (SSSR count). The van der Waals surface area contributed by atoms with Gasteiger partial charge in [-0.25, -0.2) is 0 Å². The second-order valence-corrected chi connectivity index (χ2v) is 11.6. The van der Waals surface area contributed by atoms with E-state index in [1.807, 2.05) is 0 Å². The molecule has 0 heterocycles.